The number of amides is 2. The SMILES string of the molecule is Cc1ccc(Oc2ccc(OCC(=O)N3CSCC3C(=O)N(C)C(C)C)cc2)cc1. The van der Waals surface area contributed by atoms with E-state index in [2.05, 4.69) is 0 Å². The van der Waals surface area contributed by atoms with E-state index in [-0.39, 0.29) is 24.5 Å². The standard InChI is InChI=1S/C23H28N2O4S/c1-16(2)24(4)23(27)21-14-30-15-25(21)22(26)13-28-18-9-11-20(12-10-18)29-19-7-5-17(3)6-8-19/h5-12,16,21H,13-15H2,1-4H3. The van der Waals surface area contributed by atoms with Gasteiger partial charge in [0.15, 0.2) is 6.61 Å². The van der Waals surface area contributed by atoms with E-state index in [4.69, 9.17) is 9.47 Å². The number of nitrogens with zero attached hydrogens (tertiary/aromatic N) is 2. The summed E-state index contributed by atoms with van der Waals surface area (Å²) in [4.78, 5) is 28.6. The Morgan fingerprint density at radius 2 is 1.63 bits per heavy atom. The molecule has 0 radical (unpaired) electrons. The molecular weight excluding hydrogens is 400 g/mol. The summed E-state index contributed by atoms with van der Waals surface area (Å²) >= 11 is 1.59. The highest BCUT2D eigenvalue weighted by Crippen LogP contribution is 2.25. The number of ether oxygens (including phenoxy) is 2. The lowest BCUT2D eigenvalue weighted by molar-refractivity contribution is -0.144. The maximum Gasteiger partial charge on any atom is 0.261 e. The first kappa shape index (κ1) is 22.0. The molecule has 0 bridgehead atoms. The molecular formula is C23H28N2O4S. The second-order valence-electron chi connectivity index (χ2n) is 7.60. The molecule has 0 aromatic heterocycles. The molecule has 1 fully saturated rings. The van der Waals surface area contributed by atoms with Crippen LogP contribution >= 0.6 is 11.8 Å². The zero-order chi connectivity index (χ0) is 21.7. The highest BCUT2D eigenvalue weighted by molar-refractivity contribution is 7.99. The average Bonchev–Trinajstić information content (AvgIpc) is 3.23. The second-order valence-corrected chi connectivity index (χ2v) is 8.60. The Kier molecular flexibility index (Phi) is 7.26. The summed E-state index contributed by atoms with van der Waals surface area (Å²) in [5.74, 6) is 2.94. The van der Waals surface area contributed by atoms with E-state index < -0.39 is 6.04 Å². The largest absolute Gasteiger partial charge is 0.484 e. The first-order chi connectivity index (χ1) is 14.3. The number of rotatable bonds is 7. The van der Waals surface area contributed by atoms with Crippen molar-refractivity contribution >= 4 is 23.6 Å². The zero-order valence-electron chi connectivity index (χ0n) is 17.8. The van der Waals surface area contributed by atoms with Gasteiger partial charge in [-0.05, 0) is 57.2 Å². The molecule has 2 aromatic carbocycles. The van der Waals surface area contributed by atoms with Crippen LogP contribution in [-0.2, 0) is 9.59 Å². The van der Waals surface area contributed by atoms with Gasteiger partial charge in [0.2, 0.25) is 5.91 Å². The van der Waals surface area contributed by atoms with E-state index in [0.29, 0.717) is 23.1 Å². The molecule has 7 heteroatoms. The Morgan fingerprint density at radius 1 is 1.07 bits per heavy atom. The number of carbonyl (C=O) groups is 2. The van der Waals surface area contributed by atoms with E-state index in [1.54, 1.807) is 52.9 Å². The number of carbonyl (C=O) groups excluding carboxylic acids is 2. The van der Waals surface area contributed by atoms with Gasteiger partial charge < -0.3 is 19.3 Å². The fraction of sp³-hybridized carbons (Fsp3) is 0.391. The third-order valence-electron chi connectivity index (χ3n) is 5.05. The molecule has 1 atom stereocenters. The predicted octanol–water partition coefficient (Wildman–Crippen LogP) is 3.93. The van der Waals surface area contributed by atoms with Gasteiger partial charge in [-0.25, -0.2) is 0 Å². The van der Waals surface area contributed by atoms with Gasteiger partial charge in [0, 0.05) is 18.8 Å². The fourth-order valence-corrected chi connectivity index (χ4v) is 4.13. The maximum absolute atomic E-state index is 12.7. The van der Waals surface area contributed by atoms with Crippen LogP contribution in [0.5, 0.6) is 17.2 Å². The Balaban J connectivity index is 1.54. The minimum absolute atomic E-state index is 0.0269. The topological polar surface area (TPSA) is 59.1 Å². The summed E-state index contributed by atoms with van der Waals surface area (Å²) in [5, 5.41) is 0. The van der Waals surface area contributed by atoms with E-state index in [0.717, 1.165) is 5.75 Å². The van der Waals surface area contributed by atoms with E-state index in [1.165, 1.54) is 5.56 Å². The number of thioether (sulfide) groups is 1. The smallest absolute Gasteiger partial charge is 0.261 e. The Labute approximate surface area is 182 Å². The van der Waals surface area contributed by atoms with Crippen LogP contribution in [-0.4, -0.2) is 59.0 Å². The summed E-state index contributed by atoms with van der Waals surface area (Å²) < 4.78 is 11.5. The van der Waals surface area contributed by atoms with Crippen molar-refractivity contribution in [2.24, 2.45) is 0 Å². The lowest BCUT2D eigenvalue weighted by atomic mass is 10.2. The van der Waals surface area contributed by atoms with Crippen molar-refractivity contribution in [3.63, 3.8) is 0 Å². The molecule has 1 heterocycles. The monoisotopic (exact) mass is 428 g/mol. The predicted molar refractivity (Wildman–Crippen MR) is 119 cm³/mol. The molecule has 6 nitrogen and oxygen atoms in total. The minimum atomic E-state index is -0.427. The van der Waals surface area contributed by atoms with Crippen LogP contribution < -0.4 is 9.47 Å². The first-order valence-electron chi connectivity index (χ1n) is 9.96. The average molecular weight is 429 g/mol. The third kappa shape index (κ3) is 5.48. The summed E-state index contributed by atoms with van der Waals surface area (Å²) in [6.45, 7) is 5.84. The summed E-state index contributed by atoms with van der Waals surface area (Å²) in [7, 11) is 1.77. The van der Waals surface area contributed by atoms with E-state index in [9.17, 15) is 9.59 Å². The highest BCUT2D eigenvalue weighted by Gasteiger charge is 2.36. The molecule has 0 saturated carbocycles. The second kappa shape index (κ2) is 9.89. The minimum Gasteiger partial charge on any atom is -0.484 e. The van der Waals surface area contributed by atoms with Crippen molar-refractivity contribution in [2.45, 2.75) is 32.9 Å². The molecule has 1 aliphatic heterocycles. The van der Waals surface area contributed by atoms with Crippen molar-refractivity contribution < 1.29 is 19.1 Å². The van der Waals surface area contributed by atoms with Gasteiger partial charge in [-0.15, -0.1) is 11.8 Å². The van der Waals surface area contributed by atoms with E-state index >= 15 is 0 Å². The van der Waals surface area contributed by atoms with Crippen molar-refractivity contribution in [3.05, 3.63) is 54.1 Å². The molecule has 0 spiro atoms. The lowest BCUT2D eigenvalue weighted by Crippen LogP contribution is -2.50. The van der Waals surface area contributed by atoms with Crippen LogP contribution in [0.15, 0.2) is 48.5 Å². The number of benzene rings is 2. The molecule has 1 aliphatic rings. The summed E-state index contributed by atoms with van der Waals surface area (Å²) in [6.07, 6.45) is 0. The van der Waals surface area contributed by atoms with Gasteiger partial charge in [-0.3, -0.25) is 9.59 Å². The molecule has 1 unspecified atom stereocenters. The number of hydrogen-bond acceptors (Lipinski definition) is 5. The van der Waals surface area contributed by atoms with Gasteiger partial charge >= 0.3 is 0 Å². The summed E-state index contributed by atoms with van der Waals surface area (Å²) in [5.41, 5.74) is 1.17. The fourth-order valence-electron chi connectivity index (χ4n) is 2.96. The number of likely N-dealkylation sites (N-methyl/N-ethyl adjacent to an activating group) is 1. The van der Waals surface area contributed by atoms with Gasteiger partial charge in [0.1, 0.15) is 23.3 Å². The van der Waals surface area contributed by atoms with Gasteiger partial charge in [-0.1, -0.05) is 17.7 Å². The Bertz CT molecular complexity index is 868. The molecule has 160 valence electrons. The number of aryl methyl sites for hydroxylation is 1. The Hall–Kier alpha value is -2.67. The maximum atomic E-state index is 12.7. The van der Waals surface area contributed by atoms with Crippen molar-refractivity contribution in [1.82, 2.24) is 9.80 Å². The Morgan fingerprint density at radius 3 is 2.23 bits per heavy atom. The van der Waals surface area contributed by atoms with Crippen LogP contribution in [0.3, 0.4) is 0 Å². The normalized spacial score (nSPS) is 15.9. The quantitative estimate of drug-likeness (QED) is 0.669. The number of hydrogen-bond donors (Lipinski definition) is 0. The van der Waals surface area contributed by atoms with E-state index in [1.807, 2.05) is 45.0 Å². The van der Waals surface area contributed by atoms with Crippen LogP contribution in [0.2, 0.25) is 0 Å². The molecule has 3 rings (SSSR count). The van der Waals surface area contributed by atoms with Crippen LogP contribution in [0, 0.1) is 6.92 Å². The summed E-state index contributed by atoms with van der Waals surface area (Å²) in [6, 6.07) is 14.6. The molecule has 0 aliphatic carbocycles. The van der Waals surface area contributed by atoms with Crippen LogP contribution in [0.1, 0.15) is 19.4 Å². The molecule has 2 aromatic rings. The lowest BCUT2D eigenvalue weighted by Gasteiger charge is -2.29. The first-order valence-corrected chi connectivity index (χ1v) is 11.1. The van der Waals surface area contributed by atoms with Gasteiger partial charge in [0.25, 0.3) is 5.91 Å². The van der Waals surface area contributed by atoms with Crippen LogP contribution in [0.25, 0.3) is 0 Å². The molecule has 1 saturated heterocycles. The zero-order valence-corrected chi connectivity index (χ0v) is 18.6. The molecule has 0 N–H and O–H groups in total. The van der Waals surface area contributed by atoms with Crippen molar-refractivity contribution in [2.75, 3.05) is 25.3 Å². The van der Waals surface area contributed by atoms with Crippen LogP contribution in [0.4, 0.5) is 0 Å². The van der Waals surface area contributed by atoms with Gasteiger partial charge in [0.05, 0.1) is 5.88 Å². The molecule has 2 amide bonds. The molecule has 30 heavy (non-hydrogen) atoms. The van der Waals surface area contributed by atoms with Crippen molar-refractivity contribution in [1.29, 1.82) is 0 Å². The third-order valence-corrected chi connectivity index (χ3v) is 6.06. The highest BCUT2D eigenvalue weighted by atomic mass is 32.2. The van der Waals surface area contributed by atoms with Gasteiger partial charge in [-0.2, -0.15) is 0 Å². The van der Waals surface area contributed by atoms with Crippen molar-refractivity contribution in [3.8, 4) is 17.2 Å².